The molecule has 33 heavy (non-hydrogen) atoms. The molecule has 2 bridgehead atoms. The van der Waals surface area contributed by atoms with Crippen molar-refractivity contribution in [2.45, 2.75) is 50.7 Å². The minimum atomic E-state index is -0.807. The van der Waals surface area contributed by atoms with Gasteiger partial charge < -0.3 is 10.6 Å². The molecule has 3 heterocycles. The summed E-state index contributed by atoms with van der Waals surface area (Å²) in [5.74, 6) is 0.323. The van der Waals surface area contributed by atoms with Crippen LogP contribution in [0, 0.1) is 30.0 Å². The second-order valence-corrected chi connectivity index (χ2v) is 8.65. The number of carbonyl (C=O) groups is 1. The van der Waals surface area contributed by atoms with E-state index in [1.54, 1.807) is 37.6 Å². The Morgan fingerprint density at radius 1 is 1.36 bits per heavy atom. The lowest BCUT2D eigenvalue weighted by Gasteiger charge is -2.23. The minimum Gasteiger partial charge on any atom is -0.339 e. The molecule has 168 valence electrons. The Bertz CT molecular complexity index is 1220. The maximum absolute atomic E-state index is 14.9. The van der Waals surface area contributed by atoms with Crippen LogP contribution in [0.1, 0.15) is 30.7 Å². The highest BCUT2D eigenvalue weighted by Gasteiger charge is 2.43. The largest absolute Gasteiger partial charge is 0.339 e. The molecule has 2 aromatic heterocycles. The van der Waals surface area contributed by atoms with Gasteiger partial charge in [0, 0.05) is 30.4 Å². The van der Waals surface area contributed by atoms with Crippen LogP contribution in [0.15, 0.2) is 36.8 Å². The van der Waals surface area contributed by atoms with Crippen molar-refractivity contribution in [2.75, 3.05) is 0 Å². The summed E-state index contributed by atoms with van der Waals surface area (Å²) in [6.07, 6.45) is 8.20. The first-order valence-corrected chi connectivity index (χ1v) is 11.0. The average Bonchev–Trinajstić information content (AvgIpc) is 3.57. The quantitative estimate of drug-likeness (QED) is 0.593. The number of amides is 1. The molecule has 2 N–H and O–H groups in total. The number of aryl methyl sites for hydroxylation is 1. The third-order valence-corrected chi connectivity index (χ3v) is 6.41. The highest BCUT2D eigenvalue weighted by molar-refractivity contribution is 5.83. The Balaban J connectivity index is 1.26. The van der Waals surface area contributed by atoms with E-state index in [2.05, 4.69) is 37.0 Å². The van der Waals surface area contributed by atoms with Gasteiger partial charge in [0.1, 0.15) is 23.4 Å². The van der Waals surface area contributed by atoms with Crippen LogP contribution in [0.25, 0.3) is 16.9 Å². The molecule has 1 amide bonds. The summed E-state index contributed by atoms with van der Waals surface area (Å²) in [5, 5.41) is 23.8. The summed E-state index contributed by atoms with van der Waals surface area (Å²) < 4.78 is 16.3. The van der Waals surface area contributed by atoms with E-state index in [-0.39, 0.29) is 18.4 Å². The first-order valence-electron chi connectivity index (χ1n) is 11.0. The van der Waals surface area contributed by atoms with Crippen LogP contribution in [0.3, 0.4) is 0 Å². The molecule has 0 radical (unpaired) electrons. The van der Waals surface area contributed by atoms with E-state index in [4.69, 9.17) is 0 Å². The number of aromatic nitrogens is 5. The van der Waals surface area contributed by atoms with Gasteiger partial charge in [0.2, 0.25) is 5.91 Å². The normalized spacial score (nSPS) is 22.2. The van der Waals surface area contributed by atoms with Gasteiger partial charge in [0.25, 0.3) is 0 Å². The van der Waals surface area contributed by atoms with E-state index in [0.29, 0.717) is 40.3 Å². The highest BCUT2D eigenvalue weighted by Crippen LogP contribution is 2.35. The summed E-state index contributed by atoms with van der Waals surface area (Å²) >= 11 is 0. The fraction of sp³-hybridized carbons (Fsp3) is 0.391. The number of nitrogens with zero attached hydrogens (tertiary/aromatic N) is 6. The van der Waals surface area contributed by atoms with Crippen molar-refractivity contribution in [1.29, 1.82) is 5.26 Å². The summed E-state index contributed by atoms with van der Waals surface area (Å²) in [6.45, 7) is 1.79. The van der Waals surface area contributed by atoms with Crippen molar-refractivity contribution in [3.05, 3.63) is 54.0 Å². The van der Waals surface area contributed by atoms with Crippen molar-refractivity contribution < 1.29 is 9.18 Å². The molecule has 1 aliphatic heterocycles. The lowest BCUT2D eigenvalue weighted by Crippen LogP contribution is -2.50. The molecule has 3 aromatic rings. The van der Waals surface area contributed by atoms with Gasteiger partial charge in [-0.05, 0) is 49.8 Å². The third kappa shape index (κ3) is 4.32. The van der Waals surface area contributed by atoms with Crippen molar-refractivity contribution in [3.63, 3.8) is 0 Å². The zero-order chi connectivity index (χ0) is 22.9. The van der Waals surface area contributed by atoms with Gasteiger partial charge in [-0.25, -0.2) is 19.0 Å². The number of hydrogen-bond acceptors (Lipinski definition) is 7. The predicted molar refractivity (Wildman–Crippen MR) is 116 cm³/mol. The number of hydrogen-bond donors (Lipinski definition) is 2. The zero-order valence-electron chi connectivity index (χ0n) is 18.1. The molecule has 4 atom stereocenters. The summed E-state index contributed by atoms with van der Waals surface area (Å²) in [5.41, 5.74) is 2.12. The second kappa shape index (κ2) is 8.67. The lowest BCUT2D eigenvalue weighted by molar-refractivity contribution is -0.124. The van der Waals surface area contributed by atoms with Crippen LogP contribution in [0.2, 0.25) is 0 Å². The maximum Gasteiger partial charge on any atom is 0.238 e. The second-order valence-electron chi connectivity index (χ2n) is 8.65. The molecule has 0 spiro atoms. The zero-order valence-corrected chi connectivity index (χ0v) is 18.1. The van der Waals surface area contributed by atoms with Crippen LogP contribution in [-0.4, -0.2) is 49.0 Å². The Morgan fingerprint density at radius 3 is 2.85 bits per heavy atom. The van der Waals surface area contributed by atoms with Gasteiger partial charge in [-0.3, -0.25) is 4.79 Å². The Labute approximate surface area is 190 Å². The fourth-order valence-corrected chi connectivity index (χ4v) is 4.65. The topological polar surface area (TPSA) is 121 Å². The summed E-state index contributed by atoms with van der Waals surface area (Å²) in [7, 11) is 0. The number of fused-ring (bicyclic) bond motifs is 2. The SMILES string of the molecule is Cc1ncc(-c2cn(-c3ccc(CC(C#N)NC(=O)C4NC5CCC4C5)c(F)c3)nn2)cn1. The van der Waals surface area contributed by atoms with E-state index in [0.717, 1.165) is 19.3 Å². The van der Waals surface area contributed by atoms with Gasteiger partial charge in [-0.2, -0.15) is 5.26 Å². The van der Waals surface area contributed by atoms with Gasteiger partial charge in [-0.1, -0.05) is 11.3 Å². The minimum absolute atomic E-state index is 0.0818. The standard InChI is InChI=1S/C23H23FN8O/c1-13-26-10-16(11-27-13)21-12-32(31-30-21)19-5-3-14(20(24)8-19)6-18(9-25)29-23(33)22-15-2-4-17(7-15)28-22/h3,5,8,10-12,15,17-18,22,28H,2,4,6-7H2,1H3,(H,29,33). The van der Waals surface area contributed by atoms with E-state index in [1.165, 1.54) is 10.7 Å². The average molecular weight is 446 g/mol. The number of benzene rings is 1. The van der Waals surface area contributed by atoms with Crippen LogP contribution < -0.4 is 10.6 Å². The van der Waals surface area contributed by atoms with E-state index in [1.807, 2.05) is 0 Å². The van der Waals surface area contributed by atoms with Crippen molar-refractivity contribution in [1.82, 2.24) is 35.6 Å². The Morgan fingerprint density at radius 2 is 2.18 bits per heavy atom. The molecule has 9 nitrogen and oxygen atoms in total. The monoisotopic (exact) mass is 446 g/mol. The molecule has 10 heteroatoms. The van der Waals surface area contributed by atoms with Gasteiger partial charge in [0.15, 0.2) is 0 Å². The van der Waals surface area contributed by atoms with Gasteiger partial charge >= 0.3 is 0 Å². The first kappa shape index (κ1) is 21.2. The van der Waals surface area contributed by atoms with Gasteiger partial charge in [0.05, 0.1) is 24.0 Å². The van der Waals surface area contributed by atoms with Crippen LogP contribution >= 0.6 is 0 Å². The Kier molecular flexibility index (Phi) is 5.56. The van der Waals surface area contributed by atoms with E-state index < -0.39 is 11.9 Å². The molecule has 2 aliphatic rings. The van der Waals surface area contributed by atoms with Gasteiger partial charge in [-0.15, -0.1) is 5.10 Å². The first-order chi connectivity index (χ1) is 16.0. The molecule has 1 aromatic carbocycles. The Hall–Kier alpha value is -3.71. The van der Waals surface area contributed by atoms with Crippen LogP contribution in [0.4, 0.5) is 4.39 Å². The van der Waals surface area contributed by atoms with E-state index in [9.17, 15) is 14.4 Å². The maximum atomic E-state index is 14.9. The predicted octanol–water partition coefficient (Wildman–Crippen LogP) is 1.86. The molecule has 1 saturated carbocycles. The highest BCUT2D eigenvalue weighted by atomic mass is 19.1. The lowest BCUT2D eigenvalue weighted by atomic mass is 9.98. The van der Waals surface area contributed by atoms with Crippen molar-refractivity contribution in [3.8, 4) is 23.0 Å². The smallest absolute Gasteiger partial charge is 0.238 e. The number of halogens is 1. The number of carbonyl (C=O) groups excluding carboxylic acids is 1. The summed E-state index contributed by atoms with van der Waals surface area (Å²) in [4.78, 5) is 20.9. The number of nitriles is 1. The molecule has 1 saturated heterocycles. The molecule has 5 rings (SSSR count). The third-order valence-electron chi connectivity index (χ3n) is 6.41. The molecular weight excluding hydrogens is 423 g/mol. The number of rotatable bonds is 6. The molecule has 1 aliphatic carbocycles. The molecule has 4 unspecified atom stereocenters. The van der Waals surface area contributed by atoms with E-state index >= 15 is 0 Å². The molecule has 2 fully saturated rings. The van der Waals surface area contributed by atoms with Crippen molar-refractivity contribution >= 4 is 5.91 Å². The molecular formula is C23H23FN8O. The number of piperidine rings is 1. The number of nitrogens with one attached hydrogen (secondary N) is 2. The fourth-order valence-electron chi connectivity index (χ4n) is 4.65. The van der Waals surface area contributed by atoms with Crippen LogP contribution in [0.5, 0.6) is 0 Å². The summed E-state index contributed by atoms with van der Waals surface area (Å²) in [6, 6.07) is 6.06. The van der Waals surface area contributed by atoms with Crippen molar-refractivity contribution in [2.24, 2.45) is 5.92 Å². The van der Waals surface area contributed by atoms with Crippen LogP contribution in [-0.2, 0) is 11.2 Å².